The first-order valence-electron chi connectivity index (χ1n) is 5.15. The van der Waals surface area contributed by atoms with E-state index in [0.29, 0.717) is 16.2 Å². The summed E-state index contributed by atoms with van der Waals surface area (Å²) in [5.41, 5.74) is 2.11. The third kappa shape index (κ3) is 1.89. The monoisotopic (exact) mass is 279 g/mol. The number of hydrogen-bond acceptors (Lipinski definition) is 3. The molecule has 1 aromatic heterocycles. The Morgan fingerprint density at radius 3 is 2.50 bits per heavy atom. The van der Waals surface area contributed by atoms with E-state index in [2.05, 4.69) is 10.2 Å². The van der Waals surface area contributed by atoms with Crippen LogP contribution in [0.2, 0.25) is 10.0 Å². The molecule has 0 atom stereocenters. The summed E-state index contributed by atoms with van der Waals surface area (Å²) in [5, 5.41) is 18.8. The van der Waals surface area contributed by atoms with Crippen LogP contribution in [0.3, 0.4) is 0 Å². The zero-order chi connectivity index (χ0) is 12.7. The van der Waals surface area contributed by atoms with Gasteiger partial charge in [-0.15, -0.1) is 10.2 Å². The number of halogens is 2. The molecule has 18 heavy (non-hydrogen) atoms. The van der Waals surface area contributed by atoms with Gasteiger partial charge in [-0.3, -0.25) is 0 Å². The Labute approximate surface area is 112 Å². The van der Waals surface area contributed by atoms with Gasteiger partial charge in [-0.25, -0.2) is 0 Å². The quantitative estimate of drug-likeness (QED) is 0.743. The van der Waals surface area contributed by atoms with Gasteiger partial charge in [0.15, 0.2) is 0 Å². The Kier molecular flexibility index (Phi) is 2.61. The molecule has 3 aromatic rings. The van der Waals surface area contributed by atoms with Gasteiger partial charge in [0.05, 0.1) is 10.7 Å². The number of benzene rings is 2. The van der Waals surface area contributed by atoms with Crippen LogP contribution in [0.25, 0.3) is 16.7 Å². The van der Waals surface area contributed by atoms with Gasteiger partial charge in [-0.1, -0.05) is 23.2 Å². The van der Waals surface area contributed by atoms with E-state index in [4.69, 9.17) is 23.2 Å². The molecule has 0 radical (unpaired) electrons. The van der Waals surface area contributed by atoms with Crippen LogP contribution in [0.5, 0.6) is 5.75 Å². The molecule has 0 bridgehead atoms. The van der Waals surface area contributed by atoms with Crippen molar-refractivity contribution < 1.29 is 5.11 Å². The summed E-state index contributed by atoms with van der Waals surface area (Å²) in [5.74, 6) is 0.0279. The number of nitrogens with zero attached hydrogens (tertiary/aromatic N) is 3. The Morgan fingerprint density at radius 2 is 1.72 bits per heavy atom. The van der Waals surface area contributed by atoms with Gasteiger partial charge < -0.3 is 5.11 Å². The highest BCUT2D eigenvalue weighted by Crippen LogP contribution is 2.25. The zero-order valence-electron chi connectivity index (χ0n) is 9.01. The average molecular weight is 280 g/mol. The van der Waals surface area contributed by atoms with Gasteiger partial charge in [-0.2, -0.15) is 4.80 Å². The third-order valence-electron chi connectivity index (χ3n) is 2.50. The van der Waals surface area contributed by atoms with Gasteiger partial charge in [0.2, 0.25) is 0 Å². The van der Waals surface area contributed by atoms with Crippen LogP contribution < -0.4 is 0 Å². The Balaban J connectivity index is 2.16. The lowest BCUT2D eigenvalue weighted by Gasteiger charge is -2.00. The van der Waals surface area contributed by atoms with E-state index in [1.165, 1.54) is 10.9 Å². The van der Waals surface area contributed by atoms with Crippen LogP contribution in [0.15, 0.2) is 36.4 Å². The van der Waals surface area contributed by atoms with Crippen molar-refractivity contribution in [3.05, 3.63) is 46.4 Å². The molecule has 0 aliphatic carbocycles. The third-order valence-corrected chi connectivity index (χ3v) is 3.04. The zero-order valence-corrected chi connectivity index (χ0v) is 10.5. The fourth-order valence-electron chi connectivity index (χ4n) is 1.62. The minimum absolute atomic E-state index is 0.0279. The normalized spacial score (nSPS) is 11.0. The van der Waals surface area contributed by atoms with Gasteiger partial charge >= 0.3 is 0 Å². The number of hydrogen-bond donors (Lipinski definition) is 1. The van der Waals surface area contributed by atoms with Gasteiger partial charge in [-0.05, 0) is 36.4 Å². The molecule has 0 aliphatic rings. The smallest absolute Gasteiger partial charge is 0.134 e. The van der Waals surface area contributed by atoms with Crippen LogP contribution in [0.4, 0.5) is 0 Å². The number of phenols is 1. The predicted octanol–water partition coefficient (Wildman–Crippen LogP) is 3.43. The number of phenolic OH excluding ortho intramolecular Hbond substituents is 1. The second kappa shape index (κ2) is 4.15. The predicted molar refractivity (Wildman–Crippen MR) is 70.5 cm³/mol. The summed E-state index contributed by atoms with van der Waals surface area (Å²) in [4.78, 5) is 1.45. The maximum Gasteiger partial charge on any atom is 0.134 e. The molecule has 0 saturated carbocycles. The number of fused-ring (bicyclic) bond motifs is 1. The van der Waals surface area contributed by atoms with Crippen molar-refractivity contribution in [2.45, 2.75) is 0 Å². The van der Waals surface area contributed by atoms with E-state index >= 15 is 0 Å². The molecular formula is C12H7Cl2N3O. The molecule has 0 unspecified atom stereocenters. The van der Waals surface area contributed by atoms with Crippen molar-refractivity contribution in [3.63, 3.8) is 0 Å². The highest BCUT2D eigenvalue weighted by molar-refractivity contribution is 6.32. The van der Waals surface area contributed by atoms with E-state index in [1.807, 2.05) is 0 Å². The minimum atomic E-state index is 0.0279. The Hall–Kier alpha value is -1.78. The number of rotatable bonds is 1. The highest BCUT2D eigenvalue weighted by atomic mass is 35.5. The number of aromatic hydroxyl groups is 1. The fourth-order valence-corrected chi connectivity index (χ4v) is 1.96. The van der Waals surface area contributed by atoms with Crippen LogP contribution in [-0.2, 0) is 0 Å². The lowest BCUT2D eigenvalue weighted by Crippen LogP contribution is -1.97. The van der Waals surface area contributed by atoms with Crippen molar-refractivity contribution >= 4 is 34.2 Å². The van der Waals surface area contributed by atoms with Crippen molar-refractivity contribution in [2.75, 3.05) is 0 Å². The van der Waals surface area contributed by atoms with E-state index in [0.717, 1.165) is 5.52 Å². The van der Waals surface area contributed by atoms with E-state index in [1.54, 1.807) is 30.3 Å². The lowest BCUT2D eigenvalue weighted by atomic mass is 10.3. The molecule has 1 N–H and O–H groups in total. The lowest BCUT2D eigenvalue weighted by molar-refractivity contribution is 0.475. The molecule has 0 aliphatic heterocycles. The maximum absolute atomic E-state index is 9.37. The Morgan fingerprint density at radius 1 is 0.944 bits per heavy atom. The van der Waals surface area contributed by atoms with Crippen molar-refractivity contribution in [1.29, 1.82) is 0 Å². The summed E-state index contributed by atoms with van der Waals surface area (Å²) >= 11 is 11.7. The molecule has 1 heterocycles. The summed E-state index contributed by atoms with van der Waals surface area (Å²) in [7, 11) is 0. The van der Waals surface area contributed by atoms with Crippen LogP contribution in [0.1, 0.15) is 0 Å². The molecule has 90 valence electrons. The SMILES string of the molecule is Oc1ccc(-n2nc3ccc(Cl)cc3n2)cc1Cl. The maximum atomic E-state index is 9.37. The van der Waals surface area contributed by atoms with Crippen LogP contribution in [0, 0.1) is 0 Å². The first-order valence-corrected chi connectivity index (χ1v) is 5.90. The van der Waals surface area contributed by atoms with E-state index < -0.39 is 0 Å². The highest BCUT2D eigenvalue weighted by Gasteiger charge is 2.07. The number of aromatic nitrogens is 3. The molecule has 0 fully saturated rings. The largest absolute Gasteiger partial charge is 0.506 e. The fraction of sp³-hybridized carbons (Fsp3) is 0. The molecule has 6 heteroatoms. The molecule has 3 rings (SSSR count). The molecule has 4 nitrogen and oxygen atoms in total. The molecule has 2 aromatic carbocycles. The van der Waals surface area contributed by atoms with Gasteiger partial charge in [0, 0.05) is 5.02 Å². The standard InChI is InChI=1S/C12H7Cl2N3O/c13-7-1-3-10-11(5-7)16-17(15-10)8-2-4-12(18)9(14)6-8/h1-6,18H. The summed E-state index contributed by atoms with van der Waals surface area (Å²) in [6.45, 7) is 0. The van der Waals surface area contributed by atoms with Crippen molar-refractivity contribution in [2.24, 2.45) is 0 Å². The second-order valence-electron chi connectivity index (χ2n) is 3.76. The minimum Gasteiger partial charge on any atom is -0.506 e. The molecular weight excluding hydrogens is 273 g/mol. The van der Waals surface area contributed by atoms with Crippen LogP contribution in [-0.4, -0.2) is 20.1 Å². The summed E-state index contributed by atoms with van der Waals surface area (Å²) in [6.07, 6.45) is 0. The second-order valence-corrected chi connectivity index (χ2v) is 4.60. The van der Waals surface area contributed by atoms with Crippen LogP contribution >= 0.6 is 23.2 Å². The van der Waals surface area contributed by atoms with E-state index in [-0.39, 0.29) is 10.8 Å². The van der Waals surface area contributed by atoms with Gasteiger partial charge in [0.1, 0.15) is 16.8 Å². The van der Waals surface area contributed by atoms with Crippen molar-refractivity contribution in [3.8, 4) is 11.4 Å². The summed E-state index contributed by atoms with van der Waals surface area (Å²) < 4.78 is 0. The van der Waals surface area contributed by atoms with Gasteiger partial charge in [0.25, 0.3) is 0 Å². The van der Waals surface area contributed by atoms with E-state index in [9.17, 15) is 5.11 Å². The molecule has 0 amide bonds. The topological polar surface area (TPSA) is 50.9 Å². The summed E-state index contributed by atoms with van der Waals surface area (Å²) in [6, 6.07) is 10.1. The van der Waals surface area contributed by atoms with Crippen molar-refractivity contribution in [1.82, 2.24) is 15.0 Å². The molecule has 0 spiro atoms. The molecule has 0 saturated heterocycles. The first kappa shape index (κ1) is 11.3. The average Bonchev–Trinajstić information content (AvgIpc) is 2.75. The Bertz CT molecular complexity index is 739. The first-order chi connectivity index (χ1) is 8.63.